The largest absolute Gasteiger partial charge is 0.478 e. The maximum Gasteiger partial charge on any atom is 0.393 e. The van der Waals surface area contributed by atoms with Gasteiger partial charge < -0.3 is 10.0 Å². The number of halogens is 4. The highest BCUT2D eigenvalue weighted by atomic mass is 35.5. The summed E-state index contributed by atoms with van der Waals surface area (Å²) < 4.78 is 38.3. The minimum atomic E-state index is -4.29. The van der Waals surface area contributed by atoms with Crippen molar-refractivity contribution in [1.29, 1.82) is 0 Å². The van der Waals surface area contributed by atoms with E-state index in [0.29, 0.717) is 13.0 Å². The van der Waals surface area contributed by atoms with Crippen LogP contribution in [0.15, 0.2) is 12.1 Å². The van der Waals surface area contributed by atoms with Crippen LogP contribution in [-0.2, 0) is 0 Å². The number of carboxylic acids is 1. The molecule has 1 atom stereocenters. The molecule has 1 aliphatic rings. The molecule has 1 unspecified atom stereocenters. The Morgan fingerprint density at radius 2 is 2.15 bits per heavy atom. The number of piperidine rings is 1. The summed E-state index contributed by atoms with van der Waals surface area (Å²) in [4.78, 5) is 16.3. The lowest BCUT2D eigenvalue weighted by Gasteiger charge is -2.35. The number of rotatable bonds is 2. The molecule has 1 fully saturated rings. The van der Waals surface area contributed by atoms with Gasteiger partial charge in [-0.05, 0) is 25.0 Å². The zero-order chi connectivity index (χ0) is 14.9. The number of anilines is 1. The molecule has 2 rings (SSSR count). The average molecular weight is 309 g/mol. The van der Waals surface area contributed by atoms with Crippen molar-refractivity contribution in [2.75, 3.05) is 18.0 Å². The highest BCUT2D eigenvalue weighted by molar-refractivity contribution is 6.29. The molecule has 1 aromatic rings. The molecule has 0 spiro atoms. The first-order chi connectivity index (χ1) is 9.29. The van der Waals surface area contributed by atoms with E-state index in [1.807, 2.05) is 0 Å². The lowest BCUT2D eigenvalue weighted by atomic mass is 9.97. The van der Waals surface area contributed by atoms with Crippen molar-refractivity contribution in [1.82, 2.24) is 4.98 Å². The van der Waals surface area contributed by atoms with E-state index in [2.05, 4.69) is 4.98 Å². The van der Waals surface area contributed by atoms with Crippen LogP contribution in [0, 0.1) is 5.92 Å². The lowest BCUT2D eigenvalue weighted by Crippen LogP contribution is -2.42. The summed E-state index contributed by atoms with van der Waals surface area (Å²) in [5.41, 5.74) is -0.141. The predicted octanol–water partition coefficient (Wildman–Crippen LogP) is 3.21. The molecule has 8 heteroatoms. The number of pyridine rings is 1. The van der Waals surface area contributed by atoms with Gasteiger partial charge in [-0.2, -0.15) is 13.2 Å². The van der Waals surface area contributed by atoms with Crippen molar-refractivity contribution in [2.24, 2.45) is 5.92 Å². The van der Waals surface area contributed by atoms with Gasteiger partial charge in [-0.3, -0.25) is 0 Å². The lowest BCUT2D eigenvalue weighted by molar-refractivity contribution is -0.176. The Morgan fingerprint density at radius 1 is 1.45 bits per heavy atom. The summed E-state index contributed by atoms with van der Waals surface area (Å²) in [6.45, 7) is 0.0390. The van der Waals surface area contributed by atoms with E-state index in [0.717, 1.165) is 0 Å². The number of nitrogens with zero attached hydrogens (tertiary/aromatic N) is 2. The fourth-order valence-corrected chi connectivity index (χ4v) is 2.41. The van der Waals surface area contributed by atoms with E-state index in [4.69, 9.17) is 16.7 Å². The van der Waals surface area contributed by atoms with Crippen molar-refractivity contribution in [2.45, 2.75) is 19.0 Å². The summed E-state index contributed by atoms with van der Waals surface area (Å²) in [7, 11) is 0. The van der Waals surface area contributed by atoms with Crippen molar-refractivity contribution >= 4 is 23.4 Å². The van der Waals surface area contributed by atoms with Crippen molar-refractivity contribution in [3.05, 3.63) is 22.8 Å². The van der Waals surface area contributed by atoms with Gasteiger partial charge in [-0.15, -0.1) is 0 Å². The van der Waals surface area contributed by atoms with Crippen LogP contribution in [0.5, 0.6) is 0 Å². The summed E-state index contributed by atoms with van der Waals surface area (Å²) in [5.74, 6) is -2.71. The second-order valence-electron chi connectivity index (χ2n) is 4.64. The molecule has 0 aliphatic carbocycles. The third kappa shape index (κ3) is 3.15. The number of carboxylic acid groups (broad SMARTS) is 1. The molecule has 1 aromatic heterocycles. The van der Waals surface area contributed by atoms with E-state index in [9.17, 15) is 18.0 Å². The fraction of sp³-hybridized carbons (Fsp3) is 0.500. The first kappa shape index (κ1) is 14.9. The highest BCUT2D eigenvalue weighted by Crippen LogP contribution is 2.35. The molecule has 0 amide bonds. The minimum absolute atomic E-state index is 0.000972. The molecule has 1 N–H and O–H groups in total. The zero-order valence-electron chi connectivity index (χ0n) is 10.3. The first-order valence-electron chi connectivity index (χ1n) is 6.00. The van der Waals surface area contributed by atoms with Gasteiger partial charge in [0.15, 0.2) is 0 Å². The predicted molar refractivity (Wildman–Crippen MR) is 67.2 cm³/mol. The Balaban J connectivity index is 2.31. The van der Waals surface area contributed by atoms with Crippen LogP contribution in [0.2, 0.25) is 5.15 Å². The Kier molecular flexibility index (Phi) is 4.08. The number of alkyl halides is 3. The molecular weight excluding hydrogens is 297 g/mol. The third-order valence-electron chi connectivity index (χ3n) is 3.26. The van der Waals surface area contributed by atoms with Crippen molar-refractivity contribution in [3.8, 4) is 0 Å². The first-order valence-corrected chi connectivity index (χ1v) is 6.38. The molecular formula is C12H12ClF3N2O2. The SMILES string of the molecule is O=C(O)c1ccc(Cl)nc1N1CCCC(C(F)(F)F)C1. The van der Waals surface area contributed by atoms with E-state index < -0.39 is 18.1 Å². The van der Waals surface area contributed by atoms with E-state index in [1.165, 1.54) is 17.0 Å². The second-order valence-corrected chi connectivity index (χ2v) is 5.02. The van der Waals surface area contributed by atoms with Crippen LogP contribution in [0.25, 0.3) is 0 Å². The van der Waals surface area contributed by atoms with E-state index >= 15 is 0 Å². The van der Waals surface area contributed by atoms with Gasteiger partial charge in [0, 0.05) is 13.1 Å². The molecule has 110 valence electrons. The van der Waals surface area contributed by atoms with Crippen LogP contribution < -0.4 is 4.90 Å². The molecule has 0 aromatic carbocycles. The van der Waals surface area contributed by atoms with Crippen molar-refractivity contribution < 1.29 is 23.1 Å². The molecule has 0 radical (unpaired) electrons. The third-order valence-corrected chi connectivity index (χ3v) is 3.47. The van der Waals surface area contributed by atoms with Gasteiger partial charge in [0.05, 0.1) is 5.92 Å². The molecule has 2 heterocycles. The zero-order valence-corrected chi connectivity index (χ0v) is 11.1. The quantitative estimate of drug-likeness (QED) is 0.852. The van der Waals surface area contributed by atoms with Gasteiger partial charge in [0.2, 0.25) is 0 Å². The standard InChI is InChI=1S/C12H12ClF3N2O2/c13-9-4-3-8(11(19)20)10(17-9)18-5-1-2-7(6-18)12(14,15)16/h3-4,7H,1-2,5-6H2,(H,19,20). The Hall–Kier alpha value is -1.50. The normalized spacial score (nSPS) is 20.0. The Bertz CT molecular complexity index is 522. The van der Waals surface area contributed by atoms with Crippen LogP contribution in [-0.4, -0.2) is 35.3 Å². The van der Waals surface area contributed by atoms with Crippen LogP contribution in [0.1, 0.15) is 23.2 Å². The van der Waals surface area contributed by atoms with Gasteiger partial charge in [0.1, 0.15) is 16.5 Å². The van der Waals surface area contributed by atoms with Gasteiger partial charge >= 0.3 is 12.1 Å². The number of aromatic nitrogens is 1. The van der Waals surface area contributed by atoms with Gasteiger partial charge in [0.25, 0.3) is 0 Å². The summed E-state index contributed by atoms with van der Waals surface area (Å²) >= 11 is 5.71. The topological polar surface area (TPSA) is 53.4 Å². The summed E-state index contributed by atoms with van der Waals surface area (Å²) in [6.07, 6.45) is -3.92. The smallest absolute Gasteiger partial charge is 0.393 e. The average Bonchev–Trinajstić information content (AvgIpc) is 2.37. The Morgan fingerprint density at radius 3 is 2.75 bits per heavy atom. The van der Waals surface area contributed by atoms with Gasteiger partial charge in [-0.1, -0.05) is 11.6 Å². The van der Waals surface area contributed by atoms with Crippen LogP contribution in [0.3, 0.4) is 0 Å². The number of aromatic carboxylic acids is 1. The van der Waals surface area contributed by atoms with Crippen molar-refractivity contribution in [3.63, 3.8) is 0 Å². The molecule has 20 heavy (non-hydrogen) atoms. The number of hydrogen-bond donors (Lipinski definition) is 1. The second kappa shape index (κ2) is 5.47. The molecule has 1 aliphatic heterocycles. The molecule has 1 saturated heterocycles. The molecule has 0 saturated carbocycles. The number of carbonyl (C=O) groups is 1. The fourth-order valence-electron chi connectivity index (χ4n) is 2.27. The number of hydrogen-bond acceptors (Lipinski definition) is 3. The molecule has 0 bridgehead atoms. The van der Waals surface area contributed by atoms with E-state index in [-0.39, 0.29) is 29.5 Å². The Labute approximate surface area is 118 Å². The maximum atomic E-state index is 12.8. The monoisotopic (exact) mass is 308 g/mol. The van der Waals surface area contributed by atoms with E-state index in [1.54, 1.807) is 0 Å². The summed E-state index contributed by atoms with van der Waals surface area (Å²) in [5, 5.41) is 9.14. The summed E-state index contributed by atoms with van der Waals surface area (Å²) in [6, 6.07) is 2.56. The minimum Gasteiger partial charge on any atom is -0.478 e. The van der Waals surface area contributed by atoms with Gasteiger partial charge in [-0.25, -0.2) is 9.78 Å². The highest BCUT2D eigenvalue weighted by Gasteiger charge is 2.42. The maximum absolute atomic E-state index is 12.8. The molecule has 4 nitrogen and oxygen atoms in total. The van der Waals surface area contributed by atoms with Crippen LogP contribution >= 0.6 is 11.6 Å². The van der Waals surface area contributed by atoms with Crippen LogP contribution in [0.4, 0.5) is 19.0 Å².